The van der Waals surface area contributed by atoms with E-state index in [2.05, 4.69) is 15.0 Å². The van der Waals surface area contributed by atoms with E-state index in [-0.39, 0.29) is 41.6 Å². The summed E-state index contributed by atoms with van der Waals surface area (Å²) < 4.78 is 40.4. The molecule has 1 heterocycles. The highest BCUT2D eigenvalue weighted by atomic mass is 127. The number of hydrogen-bond acceptors (Lipinski definition) is 3. The average Bonchev–Trinajstić information content (AvgIpc) is 3.05. The van der Waals surface area contributed by atoms with Crippen molar-refractivity contribution in [3.63, 3.8) is 0 Å². The van der Waals surface area contributed by atoms with Crippen molar-refractivity contribution in [2.24, 2.45) is 10.7 Å². The Bertz CT molecular complexity index is 888. The van der Waals surface area contributed by atoms with Crippen molar-refractivity contribution in [3.05, 3.63) is 59.7 Å². The summed E-state index contributed by atoms with van der Waals surface area (Å²) in [7, 11) is 0. The molecule has 0 bridgehead atoms. The number of rotatable bonds is 6. The molecule has 2 aromatic rings. The van der Waals surface area contributed by atoms with Crippen LogP contribution in [0.3, 0.4) is 0 Å². The van der Waals surface area contributed by atoms with Crippen LogP contribution in [0.25, 0.3) is 0 Å². The zero-order valence-electron chi connectivity index (χ0n) is 16.0. The molecule has 1 saturated heterocycles. The smallest absolute Gasteiger partial charge is 0.406 e. The second kappa shape index (κ2) is 10.5. The molecule has 10 heteroatoms. The number of ether oxygens (including phenoxy) is 1. The van der Waals surface area contributed by atoms with Crippen molar-refractivity contribution in [1.29, 1.82) is 0 Å². The number of aliphatic imine (C=N–C) groups is 1. The van der Waals surface area contributed by atoms with E-state index in [1.54, 1.807) is 0 Å². The number of nitrogens with zero attached hydrogens (tertiary/aromatic N) is 2. The molecule has 0 atom stereocenters. The van der Waals surface area contributed by atoms with E-state index in [0.717, 1.165) is 24.1 Å². The molecule has 6 nitrogen and oxygen atoms in total. The maximum absolute atomic E-state index is 12.2. The molecule has 0 aliphatic carbocycles. The number of guanidine groups is 1. The molecule has 3 N–H and O–H groups in total. The summed E-state index contributed by atoms with van der Waals surface area (Å²) in [6.45, 7) is 1.69. The molecule has 30 heavy (non-hydrogen) atoms. The Kier molecular flexibility index (Phi) is 8.33. The van der Waals surface area contributed by atoms with E-state index >= 15 is 0 Å². The summed E-state index contributed by atoms with van der Waals surface area (Å²) >= 11 is 0. The van der Waals surface area contributed by atoms with Gasteiger partial charge in [0.25, 0.3) is 0 Å². The van der Waals surface area contributed by atoms with Crippen LogP contribution in [0.15, 0.2) is 53.5 Å². The molecule has 162 valence electrons. The van der Waals surface area contributed by atoms with E-state index in [1.807, 2.05) is 29.2 Å². The first-order valence-electron chi connectivity index (χ1n) is 9.07. The summed E-state index contributed by atoms with van der Waals surface area (Å²) in [5, 5.41) is 2.82. The summed E-state index contributed by atoms with van der Waals surface area (Å²) in [4.78, 5) is 17.8. The molecule has 1 fully saturated rings. The van der Waals surface area contributed by atoms with E-state index in [0.29, 0.717) is 25.2 Å². The monoisotopic (exact) mass is 534 g/mol. The van der Waals surface area contributed by atoms with Gasteiger partial charge in [0.2, 0.25) is 5.91 Å². The fourth-order valence-corrected chi connectivity index (χ4v) is 3.02. The van der Waals surface area contributed by atoms with Crippen molar-refractivity contribution >= 4 is 41.5 Å². The maximum Gasteiger partial charge on any atom is 0.573 e. The van der Waals surface area contributed by atoms with Gasteiger partial charge in [0, 0.05) is 25.2 Å². The standard InChI is InChI=1S/C20H21F3N4O2.HI/c21-20(22,23)29-17-8-6-16(7-9-17)26-19(24)25-12-14-3-1-4-15(11-14)13-27-10-2-5-18(27)28;/h1,3-4,6-9,11H,2,5,10,12-13H2,(H3,24,25,26);1H. The van der Waals surface area contributed by atoms with Gasteiger partial charge >= 0.3 is 6.36 Å². The topological polar surface area (TPSA) is 80.0 Å². The number of benzene rings is 2. The third kappa shape index (κ3) is 7.39. The van der Waals surface area contributed by atoms with Crippen molar-refractivity contribution in [1.82, 2.24) is 4.90 Å². The van der Waals surface area contributed by atoms with Gasteiger partial charge in [-0.2, -0.15) is 0 Å². The molecule has 0 unspecified atom stereocenters. The molecule has 1 amide bonds. The van der Waals surface area contributed by atoms with Crippen molar-refractivity contribution in [3.8, 4) is 5.75 Å². The van der Waals surface area contributed by atoms with Crippen LogP contribution in [-0.4, -0.2) is 29.7 Å². The van der Waals surface area contributed by atoms with E-state index in [9.17, 15) is 18.0 Å². The summed E-state index contributed by atoms with van der Waals surface area (Å²) in [5.41, 5.74) is 8.31. The zero-order valence-corrected chi connectivity index (χ0v) is 18.3. The molecular formula is C20H22F3IN4O2. The van der Waals surface area contributed by atoms with Gasteiger partial charge in [-0.1, -0.05) is 24.3 Å². The lowest BCUT2D eigenvalue weighted by Crippen LogP contribution is -2.24. The van der Waals surface area contributed by atoms with E-state index < -0.39 is 6.36 Å². The lowest BCUT2D eigenvalue weighted by molar-refractivity contribution is -0.274. The highest BCUT2D eigenvalue weighted by molar-refractivity contribution is 14.0. The van der Waals surface area contributed by atoms with Gasteiger partial charge in [-0.3, -0.25) is 4.79 Å². The molecular weight excluding hydrogens is 512 g/mol. The minimum atomic E-state index is -4.73. The number of halogens is 4. The van der Waals surface area contributed by atoms with Gasteiger partial charge in [-0.15, -0.1) is 37.1 Å². The first-order chi connectivity index (χ1) is 13.8. The number of hydrogen-bond donors (Lipinski definition) is 2. The van der Waals surface area contributed by atoms with Crippen LogP contribution in [0.2, 0.25) is 0 Å². The summed E-state index contributed by atoms with van der Waals surface area (Å²) in [6, 6.07) is 13.0. The predicted molar refractivity (Wildman–Crippen MR) is 119 cm³/mol. The zero-order chi connectivity index (χ0) is 20.9. The fourth-order valence-electron chi connectivity index (χ4n) is 3.02. The van der Waals surface area contributed by atoms with Crippen LogP contribution in [0.1, 0.15) is 24.0 Å². The molecule has 0 radical (unpaired) electrons. The van der Waals surface area contributed by atoms with E-state index in [1.165, 1.54) is 24.3 Å². The number of alkyl halides is 3. The Hall–Kier alpha value is -2.50. The first-order valence-corrected chi connectivity index (χ1v) is 9.07. The van der Waals surface area contributed by atoms with Crippen LogP contribution in [-0.2, 0) is 17.9 Å². The third-order valence-electron chi connectivity index (χ3n) is 4.33. The Morgan fingerprint density at radius 3 is 2.50 bits per heavy atom. The normalized spacial score (nSPS) is 14.4. The predicted octanol–water partition coefficient (Wildman–Crippen LogP) is 4.25. The number of nitrogens with two attached hydrogens (primary N) is 1. The van der Waals surface area contributed by atoms with Gasteiger partial charge < -0.3 is 20.7 Å². The van der Waals surface area contributed by atoms with Gasteiger partial charge in [-0.25, -0.2) is 4.99 Å². The lowest BCUT2D eigenvalue weighted by Gasteiger charge is -2.15. The lowest BCUT2D eigenvalue weighted by atomic mass is 10.1. The molecule has 0 saturated carbocycles. The highest BCUT2D eigenvalue weighted by Crippen LogP contribution is 2.24. The number of anilines is 1. The highest BCUT2D eigenvalue weighted by Gasteiger charge is 2.30. The Labute approximate surface area is 189 Å². The van der Waals surface area contributed by atoms with Crippen LogP contribution < -0.4 is 15.8 Å². The number of amides is 1. The molecule has 2 aromatic carbocycles. The summed E-state index contributed by atoms with van der Waals surface area (Å²) in [5.74, 6) is -0.00464. The van der Waals surface area contributed by atoms with Gasteiger partial charge in [-0.05, 0) is 41.8 Å². The van der Waals surface area contributed by atoms with Gasteiger partial charge in [0.1, 0.15) is 5.75 Å². The second-order valence-corrected chi connectivity index (χ2v) is 6.64. The first kappa shape index (κ1) is 23.8. The van der Waals surface area contributed by atoms with Crippen LogP contribution in [0.4, 0.5) is 18.9 Å². The maximum atomic E-state index is 12.2. The van der Waals surface area contributed by atoms with Crippen molar-refractivity contribution < 1.29 is 22.7 Å². The molecule has 3 rings (SSSR count). The minimum Gasteiger partial charge on any atom is -0.406 e. The third-order valence-corrected chi connectivity index (χ3v) is 4.33. The average molecular weight is 534 g/mol. The number of likely N-dealkylation sites (tertiary alicyclic amines) is 1. The minimum absolute atomic E-state index is 0. The van der Waals surface area contributed by atoms with Crippen LogP contribution in [0, 0.1) is 0 Å². The molecule has 0 aromatic heterocycles. The van der Waals surface area contributed by atoms with E-state index in [4.69, 9.17) is 5.73 Å². The SMILES string of the molecule is I.NC(=NCc1cccc(CN2CCCC2=O)c1)Nc1ccc(OC(F)(F)F)cc1. The Morgan fingerprint density at radius 1 is 1.17 bits per heavy atom. The number of carbonyl (C=O) groups is 1. The van der Waals surface area contributed by atoms with Crippen LogP contribution in [0.5, 0.6) is 5.75 Å². The summed E-state index contributed by atoms with van der Waals surface area (Å²) in [6.07, 6.45) is -3.23. The Morgan fingerprint density at radius 2 is 1.87 bits per heavy atom. The number of carbonyl (C=O) groups excluding carboxylic acids is 1. The van der Waals surface area contributed by atoms with Gasteiger partial charge in [0.05, 0.1) is 6.54 Å². The Balaban J connectivity index is 0.00000320. The van der Waals surface area contributed by atoms with Crippen LogP contribution >= 0.6 is 24.0 Å². The van der Waals surface area contributed by atoms with Crippen molar-refractivity contribution in [2.75, 3.05) is 11.9 Å². The quantitative estimate of drug-likeness (QED) is 0.330. The molecule has 0 spiro atoms. The molecule has 1 aliphatic heterocycles. The molecule has 1 aliphatic rings. The fraction of sp³-hybridized carbons (Fsp3) is 0.300. The second-order valence-electron chi connectivity index (χ2n) is 6.64. The number of nitrogens with one attached hydrogen (secondary N) is 1. The van der Waals surface area contributed by atoms with Gasteiger partial charge in [0.15, 0.2) is 5.96 Å². The van der Waals surface area contributed by atoms with Crippen molar-refractivity contribution in [2.45, 2.75) is 32.3 Å². The largest absolute Gasteiger partial charge is 0.573 e.